The van der Waals surface area contributed by atoms with Crippen LogP contribution < -0.4 is 10.6 Å². The first-order valence-electron chi connectivity index (χ1n) is 5.68. The second-order valence-electron chi connectivity index (χ2n) is 3.98. The van der Waals surface area contributed by atoms with Crippen molar-refractivity contribution in [3.63, 3.8) is 0 Å². The fraction of sp³-hybridized carbons (Fsp3) is 0.818. The molecule has 1 fully saturated rings. The Morgan fingerprint density at radius 2 is 2.47 bits per heavy atom. The lowest BCUT2D eigenvalue weighted by molar-refractivity contribution is -0.124. The lowest BCUT2D eigenvalue weighted by Gasteiger charge is -2.24. The summed E-state index contributed by atoms with van der Waals surface area (Å²) < 4.78 is 0. The molecule has 4 nitrogen and oxygen atoms in total. The van der Waals surface area contributed by atoms with Gasteiger partial charge in [0.05, 0.1) is 18.5 Å². The van der Waals surface area contributed by atoms with Crippen LogP contribution in [0.1, 0.15) is 39.0 Å². The molecule has 1 amide bonds. The molecule has 15 heavy (non-hydrogen) atoms. The summed E-state index contributed by atoms with van der Waals surface area (Å²) in [5, 5.41) is 14.7. The molecule has 84 valence electrons. The van der Waals surface area contributed by atoms with Gasteiger partial charge >= 0.3 is 0 Å². The molecule has 1 aliphatic rings. The molecule has 0 aromatic heterocycles. The van der Waals surface area contributed by atoms with E-state index in [1.807, 2.05) is 6.92 Å². The number of nitrogens with zero attached hydrogens (tertiary/aromatic N) is 1. The van der Waals surface area contributed by atoms with E-state index in [-0.39, 0.29) is 18.0 Å². The molecule has 0 radical (unpaired) electrons. The number of nitrogens with one attached hydrogen (secondary N) is 2. The molecule has 2 N–H and O–H groups in total. The Morgan fingerprint density at radius 1 is 1.67 bits per heavy atom. The first kappa shape index (κ1) is 12.0. The van der Waals surface area contributed by atoms with Crippen molar-refractivity contribution in [3.8, 4) is 6.07 Å². The maximum Gasteiger partial charge on any atom is 0.237 e. The summed E-state index contributed by atoms with van der Waals surface area (Å²) in [7, 11) is 0. The van der Waals surface area contributed by atoms with Gasteiger partial charge in [0.1, 0.15) is 0 Å². The molecule has 2 atom stereocenters. The SMILES string of the molecule is CCC(CC#N)NC(=O)C1CCCCN1. The van der Waals surface area contributed by atoms with Gasteiger partial charge in [-0.05, 0) is 25.8 Å². The topological polar surface area (TPSA) is 64.9 Å². The summed E-state index contributed by atoms with van der Waals surface area (Å²) in [5.74, 6) is 0.0526. The quantitative estimate of drug-likeness (QED) is 0.724. The fourth-order valence-corrected chi connectivity index (χ4v) is 1.79. The zero-order valence-electron chi connectivity index (χ0n) is 9.25. The zero-order chi connectivity index (χ0) is 11.1. The Hall–Kier alpha value is -1.08. The van der Waals surface area contributed by atoms with Crippen LogP contribution in [0.15, 0.2) is 0 Å². The molecule has 0 spiro atoms. The number of piperidine rings is 1. The molecular formula is C11H19N3O. The van der Waals surface area contributed by atoms with Gasteiger partial charge < -0.3 is 10.6 Å². The second kappa shape index (κ2) is 6.41. The van der Waals surface area contributed by atoms with Gasteiger partial charge in [-0.1, -0.05) is 13.3 Å². The second-order valence-corrected chi connectivity index (χ2v) is 3.98. The summed E-state index contributed by atoms with van der Waals surface area (Å²) in [6.45, 7) is 2.91. The van der Waals surface area contributed by atoms with Crippen molar-refractivity contribution in [2.75, 3.05) is 6.54 Å². The number of nitriles is 1. The minimum atomic E-state index is -0.0495. The molecule has 0 aromatic rings. The Balaban J connectivity index is 2.35. The van der Waals surface area contributed by atoms with E-state index in [0.29, 0.717) is 6.42 Å². The zero-order valence-corrected chi connectivity index (χ0v) is 9.25. The highest BCUT2D eigenvalue weighted by Gasteiger charge is 2.21. The van der Waals surface area contributed by atoms with Gasteiger partial charge in [-0.3, -0.25) is 4.79 Å². The fourth-order valence-electron chi connectivity index (χ4n) is 1.79. The Labute approximate surface area is 91.0 Å². The molecule has 0 bridgehead atoms. The number of hydrogen-bond donors (Lipinski definition) is 2. The Morgan fingerprint density at radius 3 is 3.00 bits per heavy atom. The predicted molar refractivity (Wildman–Crippen MR) is 58.1 cm³/mol. The maximum atomic E-state index is 11.8. The van der Waals surface area contributed by atoms with Crippen molar-refractivity contribution in [2.24, 2.45) is 0 Å². The van der Waals surface area contributed by atoms with Gasteiger partial charge in [0.25, 0.3) is 0 Å². The average molecular weight is 209 g/mol. The number of rotatable bonds is 4. The number of hydrogen-bond acceptors (Lipinski definition) is 3. The minimum Gasteiger partial charge on any atom is -0.351 e. The summed E-state index contributed by atoms with van der Waals surface area (Å²) in [4.78, 5) is 11.8. The van der Waals surface area contributed by atoms with Crippen molar-refractivity contribution in [3.05, 3.63) is 0 Å². The first-order chi connectivity index (χ1) is 7.27. The molecule has 0 saturated carbocycles. The van der Waals surface area contributed by atoms with E-state index in [9.17, 15) is 4.79 Å². The molecule has 4 heteroatoms. The summed E-state index contributed by atoms with van der Waals surface area (Å²) in [5.41, 5.74) is 0. The summed E-state index contributed by atoms with van der Waals surface area (Å²) in [6, 6.07) is 2.05. The molecular weight excluding hydrogens is 190 g/mol. The summed E-state index contributed by atoms with van der Waals surface area (Å²) >= 11 is 0. The third-order valence-corrected chi connectivity index (χ3v) is 2.80. The van der Waals surface area contributed by atoms with Crippen molar-refractivity contribution < 1.29 is 4.79 Å². The number of carbonyl (C=O) groups excluding carboxylic acids is 1. The molecule has 1 saturated heterocycles. The van der Waals surface area contributed by atoms with E-state index in [0.717, 1.165) is 32.2 Å². The van der Waals surface area contributed by atoms with Crippen molar-refractivity contribution >= 4 is 5.91 Å². The van der Waals surface area contributed by atoms with Crippen LogP contribution in [0.4, 0.5) is 0 Å². The summed E-state index contributed by atoms with van der Waals surface area (Å²) in [6.07, 6.45) is 4.38. The van der Waals surface area contributed by atoms with Gasteiger partial charge in [-0.2, -0.15) is 5.26 Å². The predicted octanol–water partition coefficient (Wildman–Crippen LogP) is 0.937. The van der Waals surface area contributed by atoms with E-state index in [1.54, 1.807) is 0 Å². The van der Waals surface area contributed by atoms with Crippen LogP contribution in [0.3, 0.4) is 0 Å². The molecule has 2 unspecified atom stereocenters. The Bertz CT molecular complexity index is 241. The van der Waals surface area contributed by atoms with Crippen LogP contribution in [-0.2, 0) is 4.79 Å². The Kier molecular flexibility index (Phi) is 5.13. The van der Waals surface area contributed by atoms with Crippen molar-refractivity contribution in [1.82, 2.24) is 10.6 Å². The molecule has 1 heterocycles. The highest BCUT2D eigenvalue weighted by molar-refractivity contribution is 5.82. The van der Waals surface area contributed by atoms with Crippen LogP contribution in [-0.4, -0.2) is 24.5 Å². The minimum absolute atomic E-state index is 0.00577. The van der Waals surface area contributed by atoms with E-state index in [4.69, 9.17) is 5.26 Å². The van der Waals surface area contributed by atoms with E-state index in [1.165, 1.54) is 0 Å². The average Bonchev–Trinajstić information content (AvgIpc) is 2.29. The molecule has 0 aromatic carbocycles. The standard InChI is InChI=1S/C11H19N3O/c1-2-9(6-7-12)14-11(15)10-5-3-4-8-13-10/h9-10,13H,2-6,8H2,1H3,(H,14,15). The molecule has 0 aliphatic carbocycles. The van der Waals surface area contributed by atoms with E-state index >= 15 is 0 Å². The van der Waals surface area contributed by atoms with Gasteiger partial charge in [0, 0.05) is 6.04 Å². The van der Waals surface area contributed by atoms with Crippen molar-refractivity contribution in [1.29, 1.82) is 5.26 Å². The normalized spacial score (nSPS) is 22.8. The van der Waals surface area contributed by atoms with E-state index in [2.05, 4.69) is 16.7 Å². The third-order valence-electron chi connectivity index (χ3n) is 2.80. The molecule has 1 aliphatic heterocycles. The lowest BCUT2D eigenvalue weighted by atomic mass is 10.0. The van der Waals surface area contributed by atoms with Crippen LogP contribution in [0.5, 0.6) is 0 Å². The largest absolute Gasteiger partial charge is 0.351 e. The maximum absolute atomic E-state index is 11.8. The van der Waals surface area contributed by atoms with Gasteiger partial charge in [-0.15, -0.1) is 0 Å². The van der Waals surface area contributed by atoms with Gasteiger partial charge in [0.15, 0.2) is 0 Å². The van der Waals surface area contributed by atoms with Crippen LogP contribution in [0.25, 0.3) is 0 Å². The first-order valence-corrected chi connectivity index (χ1v) is 5.68. The highest BCUT2D eigenvalue weighted by atomic mass is 16.2. The van der Waals surface area contributed by atoms with Crippen molar-refractivity contribution in [2.45, 2.75) is 51.1 Å². The third kappa shape index (κ3) is 3.88. The smallest absolute Gasteiger partial charge is 0.237 e. The monoisotopic (exact) mass is 209 g/mol. The van der Waals surface area contributed by atoms with Crippen LogP contribution >= 0.6 is 0 Å². The highest BCUT2D eigenvalue weighted by Crippen LogP contribution is 2.07. The number of amides is 1. The van der Waals surface area contributed by atoms with Crippen LogP contribution in [0, 0.1) is 11.3 Å². The van der Waals surface area contributed by atoms with Gasteiger partial charge in [0.2, 0.25) is 5.91 Å². The number of carbonyl (C=O) groups is 1. The lowest BCUT2D eigenvalue weighted by Crippen LogP contribution is -2.49. The van der Waals surface area contributed by atoms with E-state index < -0.39 is 0 Å². The molecule has 1 rings (SSSR count). The van der Waals surface area contributed by atoms with Crippen LogP contribution in [0.2, 0.25) is 0 Å². The van der Waals surface area contributed by atoms with Gasteiger partial charge in [-0.25, -0.2) is 0 Å².